The van der Waals surface area contributed by atoms with Gasteiger partial charge in [-0.15, -0.1) is 0 Å². The Kier molecular flexibility index (Phi) is 3.72. The van der Waals surface area contributed by atoms with E-state index in [1.54, 1.807) is 18.2 Å². The third-order valence-corrected chi connectivity index (χ3v) is 2.96. The van der Waals surface area contributed by atoms with Crippen LogP contribution in [0, 0.1) is 17.1 Å². The lowest BCUT2D eigenvalue weighted by atomic mass is 10.0. The van der Waals surface area contributed by atoms with E-state index in [0.29, 0.717) is 25.3 Å². The third kappa shape index (κ3) is 2.63. The Bertz CT molecular complexity index is 430. The van der Waals surface area contributed by atoms with Gasteiger partial charge in [0.25, 0.3) is 0 Å². The summed E-state index contributed by atoms with van der Waals surface area (Å²) >= 11 is 0. The first-order valence-electron chi connectivity index (χ1n) is 5.72. The molecule has 2 atom stereocenters. The zero-order valence-corrected chi connectivity index (χ0v) is 9.77. The minimum absolute atomic E-state index is 0.0892. The molecule has 2 rings (SSSR count). The van der Waals surface area contributed by atoms with Crippen molar-refractivity contribution < 1.29 is 9.13 Å². The topological polar surface area (TPSA) is 36.3 Å². The number of nitrogens with zero attached hydrogens (tertiary/aromatic N) is 2. The molecule has 0 amide bonds. The fourth-order valence-electron chi connectivity index (χ4n) is 2.12. The van der Waals surface area contributed by atoms with Crippen LogP contribution in [-0.2, 0) is 4.74 Å². The highest BCUT2D eigenvalue weighted by Crippen LogP contribution is 2.24. The van der Waals surface area contributed by atoms with Gasteiger partial charge in [-0.05, 0) is 13.0 Å². The second kappa shape index (κ2) is 5.26. The van der Waals surface area contributed by atoms with Crippen LogP contribution in [0.4, 0.5) is 4.39 Å². The molecular weight excluding hydrogens is 219 g/mol. The van der Waals surface area contributed by atoms with Gasteiger partial charge in [-0.25, -0.2) is 4.39 Å². The van der Waals surface area contributed by atoms with E-state index in [1.807, 2.05) is 11.8 Å². The third-order valence-electron chi connectivity index (χ3n) is 2.96. The largest absolute Gasteiger partial charge is 0.376 e. The molecule has 1 aliphatic rings. The van der Waals surface area contributed by atoms with Gasteiger partial charge in [0, 0.05) is 18.7 Å². The molecule has 1 fully saturated rings. The standard InChI is InChI=1S/C13H15FN2O/c1-10-9-16(6-7-17-10)13(8-15)11-4-2-3-5-12(11)14/h2-5,10,13H,6-7,9H2,1H3/t10-,13+/m0/s1. The van der Waals surface area contributed by atoms with Crippen molar-refractivity contribution in [3.8, 4) is 6.07 Å². The van der Waals surface area contributed by atoms with Crippen molar-refractivity contribution in [3.05, 3.63) is 35.6 Å². The van der Waals surface area contributed by atoms with E-state index in [2.05, 4.69) is 6.07 Å². The molecule has 0 aliphatic carbocycles. The van der Waals surface area contributed by atoms with Gasteiger partial charge in [0.05, 0.1) is 18.8 Å². The number of rotatable bonds is 2. The maximum Gasteiger partial charge on any atom is 0.129 e. The summed E-state index contributed by atoms with van der Waals surface area (Å²) in [4.78, 5) is 1.96. The van der Waals surface area contributed by atoms with E-state index in [9.17, 15) is 9.65 Å². The fraction of sp³-hybridized carbons (Fsp3) is 0.462. The molecule has 1 aromatic carbocycles. The lowest BCUT2D eigenvalue weighted by molar-refractivity contribution is -0.0272. The maximum atomic E-state index is 13.7. The number of morpholine rings is 1. The van der Waals surface area contributed by atoms with Gasteiger partial charge < -0.3 is 4.74 Å². The highest BCUT2D eigenvalue weighted by Gasteiger charge is 2.26. The van der Waals surface area contributed by atoms with Crippen molar-refractivity contribution in [1.29, 1.82) is 5.26 Å². The maximum absolute atomic E-state index is 13.7. The summed E-state index contributed by atoms with van der Waals surface area (Å²) in [5.41, 5.74) is 0.448. The van der Waals surface area contributed by atoms with Gasteiger partial charge >= 0.3 is 0 Å². The number of hydrogen-bond donors (Lipinski definition) is 0. The number of hydrogen-bond acceptors (Lipinski definition) is 3. The molecular formula is C13H15FN2O. The number of ether oxygens (including phenoxy) is 1. The molecule has 0 saturated carbocycles. The molecule has 17 heavy (non-hydrogen) atoms. The van der Waals surface area contributed by atoms with Crippen LogP contribution in [0.5, 0.6) is 0 Å². The minimum Gasteiger partial charge on any atom is -0.376 e. The predicted molar refractivity (Wildman–Crippen MR) is 61.7 cm³/mol. The minimum atomic E-state index is -0.525. The predicted octanol–water partition coefficient (Wildman–Crippen LogP) is 2.11. The van der Waals surface area contributed by atoms with E-state index in [0.717, 1.165) is 0 Å². The van der Waals surface area contributed by atoms with Gasteiger partial charge in [0.2, 0.25) is 0 Å². The lowest BCUT2D eigenvalue weighted by Gasteiger charge is -2.34. The average Bonchev–Trinajstić information content (AvgIpc) is 2.33. The molecule has 0 spiro atoms. The number of halogens is 1. The fourth-order valence-corrected chi connectivity index (χ4v) is 2.12. The molecule has 90 valence electrons. The van der Waals surface area contributed by atoms with Crippen molar-refractivity contribution in [3.63, 3.8) is 0 Å². The van der Waals surface area contributed by atoms with Crippen LogP contribution in [0.15, 0.2) is 24.3 Å². The Labute approximate surface area is 100 Å². The zero-order valence-electron chi connectivity index (χ0n) is 9.77. The Balaban J connectivity index is 2.22. The van der Waals surface area contributed by atoms with E-state index in [1.165, 1.54) is 6.07 Å². The molecule has 1 saturated heterocycles. The van der Waals surface area contributed by atoms with E-state index >= 15 is 0 Å². The molecule has 0 unspecified atom stereocenters. The van der Waals surface area contributed by atoms with Crippen LogP contribution in [-0.4, -0.2) is 30.7 Å². The Hall–Kier alpha value is -1.44. The van der Waals surface area contributed by atoms with Crippen LogP contribution in [0.2, 0.25) is 0 Å². The van der Waals surface area contributed by atoms with Crippen LogP contribution >= 0.6 is 0 Å². The molecule has 1 aliphatic heterocycles. The van der Waals surface area contributed by atoms with E-state index in [4.69, 9.17) is 4.74 Å². The normalized spacial score (nSPS) is 23.0. The Morgan fingerprint density at radius 1 is 1.53 bits per heavy atom. The number of nitriles is 1. The van der Waals surface area contributed by atoms with Gasteiger partial charge in [-0.2, -0.15) is 5.26 Å². The van der Waals surface area contributed by atoms with Crippen molar-refractivity contribution in [2.45, 2.75) is 19.1 Å². The highest BCUT2D eigenvalue weighted by atomic mass is 19.1. The molecule has 0 aromatic heterocycles. The van der Waals surface area contributed by atoms with Crippen molar-refractivity contribution in [1.82, 2.24) is 4.90 Å². The summed E-state index contributed by atoms with van der Waals surface area (Å²) in [7, 11) is 0. The van der Waals surface area contributed by atoms with Gasteiger partial charge in [0.1, 0.15) is 11.9 Å². The van der Waals surface area contributed by atoms with Crippen LogP contribution < -0.4 is 0 Å². The van der Waals surface area contributed by atoms with E-state index < -0.39 is 6.04 Å². The summed E-state index contributed by atoms with van der Waals surface area (Å²) in [5, 5.41) is 9.24. The van der Waals surface area contributed by atoms with Crippen LogP contribution in [0.3, 0.4) is 0 Å². The lowest BCUT2D eigenvalue weighted by Crippen LogP contribution is -2.42. The van der Waals surface area contributed by atoms with Crippen molar-refractivity contribution >= 4 is 0 Å². The average molecular weight is 234 g/mol. The van der Waals surface area contributed by atoms with Crippen molar-refractivity contribution in [2.24, 2.45) is 0 Å². The molecule has 1 aromatic rings. The summed E-state index contributed by atoms with van der Waals surface area (Å²) in [5.74, 6) is -0.321. The smallest absolute Gasteiger partial charge is 0.129 e. The van der Waals surface area contributed by atoms with Crippen LogP contribution in [0.25, 0.3) is 0 Å². The second-order valence-electron chi connectivity index (χ2n) is 4.23. The molecule has 0 N–H and O–H groups in total. The monoisotopic (exact) mass is 234 g/mol. The van der Waals surface area contributed by atoms with E-state index in [-0.39, 0.29) is 11.9 Å². The van der Waals surface area contributed by atoms with Gasteiger partial charge in [-0.3, -0.25) is 4.90 Å². The summed E-state index contributed by atoms with van der Waals surface area (Å²) in [6, 6.07) is 8.11. The summed E-state index contributed by atoms with van der Waals surface area (Å²) in [6.45, 7) is 3.87. The summed E-state index contributed by atoms with van der Waals surface area (Å²) < 4.78 is 19.1. The van der Waals surface area contributed by atoms with Crippen LogP contribution in [0.1, 0.15) is 18.5 Å². The second-order valence-corrected chi connectivity index (χ2v) is 4.23. The Morgan fingerprint density at radius 3 is 2.94 bits per heavy atom. The van der Waals surface area contributed by atoms with Gasteiger partial charge in [0.15, 0.2) is 0 Å². The van der Waals surface area contributed by atoms with Gasteiger partial charge in [-0.1, -0.05) is 18.2 Å². The SMILES string of the molecule is C[C@H]1CN([C@H](C#N)c2ccccc2F)CCO1. The first kappa shape index (κ1) is 12.0. The zero-order chi connectivity index (χ0) is 12.3. The highest BCUT2D eigenvalue weighted by molar-refractivity contribution is 5.26. The quantitative estimate of drug-likeness (QED) is 0.786. The molecule has 0 radical (unpaired) electrons. The molecule has 3 nitrogen and oxygen atoms in total. The Morgan fingerprint density at radius 2 is 2.29 bits per heavy atom. The summed E-state index contributed by atoms with van der Waals surface area (Å²) in [6.07, 6.45) is 0.0892. The first-order valence-corrected chi connectivity index (χ1v) is 5.72. The molecule has 4 heteroatoms. The number of benzene rings is 1. The first-order chi connectivity index (χ1) is 8.22. The molecule has 0 bridgehead atoms. The van der Waals surface area contributed by atoms with Crippen molar-refractivity contribution in [2.75, 3.05) is 19.7 Å². The molecule has 1 heterocycles.